The molecular weight excluding hydrogens is 360 g/mol. The van der Waals surface area contributed by atoms with Crippen molar-refractivity contribution in [2.45, 2.75) is 6.42 Å². The van der Waals surface area contributed by atoms with Crippen LogP contribution >= 0.6 is 11.6 Å². The fourth-order valence-electron chi connectivity index (χ4n) is 3.35. The van der Waals surface area contributed by atoms with Crippen LogP contribution in [0.15, 0.2) is 67.0 Å². The van der Waals surface area contributed by atoms with Gasteiger partial charge < -0.3 is 9.80 Å². The number of hydrogen-bond acceptors (Lipinski definition) is 3. The molecule has 1 amide bonds. The number of anilines is 1. The van der Waals surface area contributed by atoms with Crippen LogP contribution in [-0.4, -0.2) is 46.8 Å². The summed E-state index contributed by atoms with van der Waals surface area (Å²) in [6.45, 7) is 3.07. The van der Waals surface area contributed by atoms with Gasteiger partial charge in [-0.05, 0) is 35.9 Å². The third-order valence-corrected chi connectivity index (χ3v) is 5.05. The minimum absolute atomic E-state index is 0.147. The lowest BCUT2D eigenvalue weighted by Crippen LogP contribution is -2.49. The summed E-state index contributed by atoms with van der Waals surface area (Å²) in [5, 5.41) is 5.11. The predicted octanol–water partition coefficient (Wildman–Crippen LogP) is 3.42. The summed E-state index contributed by atoms with van der Waals surface area (Å²) >= 11 is 6.08. The fourth-order valence-corrected chi connectivity index (χ4v) is 3.53. The Balaban J connectivity index is 1.34. The summed E-state index contributed by atoms with van der Waals surface area (Å²) in [7, 11) is 0. The van der Waals surface area contributed by atoms with Crippen molar-refractivity contribution < 1.29 is 4.79 Å². The second kappa shape index (κ2) is 7.84. The zero-order valence-electron chi connectivity index (χ0n) is 15.0. The molecular formula is C21H21ClN4O. The molecule has 0 aliphatic carbocycles. The maximum atomic E-state index is 12.7. The van der Waals surface area contributed by atoms with Crippen molar-refractivity contribution in [3.05, 3.63) is 77.6 Å². The number of amides is 1. The van der Waals surface area contributed by atoms with Crippen molar-refractivity contribution in [3.8, 4) is 5.69 Å². The normalized spacial score (nSPS) is 14.4. The highest BCUT2D eigenvalue weighted by Crippen LogP contribution is 2.21. The summed E-state index contributed by atoms with van der Waals surface area (Å²) in [6, 6.07) is 17.8. The first-order chi connectivity index (χ1) is 13.2. The van der Waals surface area contributed by atoms with Crippen LogP contribution in [0, 0.1) is 0 Å². The van der Waals surface area contributed by atoms with Crippen LogP contribution < -0.4 is 4.90 Å². The summed E-state index contributed by atoms with van der Waals surface area (Å²) in [5.41, 5.74) is 3.03. The molecule has 0 spiro atoms. The first-order valence-electron chi connectivity index (χ1n) is 9.06. The van der Waals surface area contributed by atoms with E-state index in [1.807, 2.05) is 59.6 Å². The van der Waals surface area contributed by atoms with E-state index in [4.69, 9.17) is 11.6 Å². The van der Waals surface area contributed by atoms with Crippen LogP contribution in [-0.2, 0) is 11.2 Å². The Labute approximate surface area is 163 Å². The molecule has 138 valence electrons. The van der Waals surface area contributed by atoms with E-state index in [9.17, 15) is 4.79 Å². The molecule has 0 saturated carbocycles. The van der Waals surface area contributed by atoms with Crippen molar-refractivity contribution in [1.29, 1.82) is 0 Å². The van der Waals surface area contributed by atoms with Gasteiger partial charge >= 0.3 is 0 Å². The molecule has 5 nitrogen and oxygen atoms in total. The summed E-state index contributed by atoms with van der Waals surface area (Å²) in [4.78, 5) is 16.9. The molecule has 27 heavy (non-hydrogen) atoms. The molecule has 1 aromatic heterocycles. The molecule has 1 fully saturated rings. The standard InChI is InChI=1S/C21H21ClN4O/c22-18-5-4-8-20(14-18)24-9-11-25(12-10-24)21(27)13-17-15-23-26(16-17)19-6-2-1-3-7-19/h1-8,14-16H,9-13H2. The van der Waals surface area contributed by atoms with Gasteiger partial charge in [0, 0.05) is 43.1 Å². The smallest absolute Gasteiger partial charge is 0.227 e. The van der Waals surface area contributed by atoms with Crippen molar-refractivity contribution in [2.75, 3.05) is 31.1 Å². The van der Waals surface area contributed by atoms with Gasteiger partial charge in [0.2, 0.25) is 5.91 Å². The molecule has 6 heteroatoms. The highest BCUT2D eigenvalue weighted by atomic mass is 35.5. The van der Waals surface area contributed by atoms with Gasteiger partial charge in [-0.1, -0.05) is 35.9 Å². The number of aromatic nitrogens is 2. The van der Waals surface area contributed by atoms with E-state index in [1.165, 1.54) is 0 Å². The Bertz CT molecular complexity index is 917. The van der Waals surface area contributed by atoms with Gasteiger partial charge in [0.05, 0.1) is 18.3 Å². The lowest BCUT2D eigenvalue weighted by molar-refractivity contribution is -0.130. The molecule has 1 saturated heterocycles. The van der Waals surface area contributed by atoms with Crippen LogP contribution in [0.25, 0.3) is 5.69 Å². The van der Waals surface area contributed by atoms with Crippen molar-refractivity contribution in [2.24, 2.45) is 0 Å². The number of carbonyl (C=O) groups is 1. The molecule has 3 aromatic rings. The molecule has 0 radical (unpaired) electrons. The van der Waals surface area contributed by atoms with E-state index >= 15 is 0 Å². The predicted molar refractivity (Wildman–Crippen MR) is 108 cm³/mol. The Hall–Kier alpha value is -2.79. The van der Waals surface area contributed by atoms with Gasteiger partial charge in [-0.3, -0.25) is 4.79 Å². The Kier molecular flexibility index (Phi) is 5.12. The van der Waals surface area contributed by atoms with Crippen LogP contribution in [0.3, 0.4) is 0 Å². The molecule has 4 rings (SSSR count). The molecule has 0 unspecified atom stereocenters. The summed E-state index contributed by atoms with van der Waals surface area (Å²) in [6.07, 6.45) is 4.08. The lowest BCUT2D eigenvalue weighted by atomic mass is 10.2. The number of carbonyl (C=O) groups excluding carboxylic acids is 1. The number of halogens is 1. The van der Waals surface area contributed by atoms with Crippen LogP contribution in [0.2, 0.25) is 5.02 Å². The average Bonchev–Trinajstić information content (AvgIpc) is 3.17. The van der Waals surface area contributed by atoms with Gasteiger partial charge in [-0.25, -0.2) is 4.68 Å². The molecule has 0 atom stereocenters. The van der Waals surface area contributed by atoms with Gasteiger partial charge in [0.1, 0.15) is 0 Å². The van der Waals surface area contributed by atoms with E-state index in [2.05, 4.69) is 16.1 Å². The number of piperazine rings is 1. The maximum absolute atomic E-state index is 12.7. The van der Waals surface area contributed by atoms with Crippen LogP contribution in [0.5, 0.6) is 0 Å². The molecule has 2 aromatic carbocycles. The highest BCUT2D eigenvalue weighted by Gasteiger charge is 2.22. The molecule has 0 N–H and O–H groups in total. The van der Waals surface area contributed by atoms with Crippen molar-refractivity contribution >= 4 is 23.2 Å². The second-order valence-corrected chi connectivity index (χ2v) is 7.09. The maximum Gasteiger partial charge on any atom is 0.227 e. The molecule has 1 aliphatic rings. The number of para-hydroxylation sites is 1. The van der Waals surface area contributed by atoms with Crippen molar-refractivity contribution in [1.82, 2.24) is 14.7 Å². The molecule has 0 bridgehead atoms. The fraction of sp³-hybridized carbons (Fsp3) is 0.238. The van der Waals surface area contributed by atoms with E-state index in [0.717, 1.165) is 48.1 Å². The van der Waals surface area contributed by atoms with Gasteiger partial charge in [-0.2, -0.15) is 5.10 Å². The number of rotatable bonds is 4. The minimum atomic E-state index is 0.147. The zero-order chi connectivity index (χ0) is 18.6. The SMILES string of the molecule is O=C(Cc1cnn(-c2ccccc2)c1)N1CCN(c2cccc(Cl)c2)CC1. The van der Waals surface area contributed by atoms with E-state index in [-0.39, 0.29) is 5.91 Å². The van der Waals surface area contributed by atoms with E-state index in [0.29, 0.717) is 6.42 Å². The number of nitrogens with zero attached hydrogens (tertiary/aromatic N) is 4. The first-order valence-corrected chi connectivity index (χ1v) is 9.44. The van der Waals surface area contributed by atoms with Crippen LogP contribution in [0.4, 0.5) is 5.69 Å². The molecule has 1 aliphatic heterocycles. The molecule has 2 heterocycles. The minimum Gasteiger partial charge on any atom is -0.368 e. The number of hydrogen-bond donors (Lipinski definition) is 0. The zero-order valence-corrected chi connectivity index (χ0v) is 15.7. The topological polar surface area (TPSA) is 41.4 Å². The quantitative estimate of drug-likeness (QED) is 0.696. The Morgan fingerprint density at radius 3 is 2.44 bits per heavy atom. The largest absolute Gasteiger partial charge is 0.368 e. The Morgan fingerprint density at radius 1 is 0.963 bits per heavy atom. The first kappa shape index (κ1) is 17.6. The van der Waals surface area contributed by atoms with Gasteiger partial charge in [-0.15, -0.1) is 0 Å². The van der Waals surface area contributed by atoms with E-state index in [1.54, 1.807) is 10.9 Å². The van der Waals surface area contributed by atoms with Gasteiger partial charge in [0.25, 0.3) is 0 Å². The third kappa shape index (κ3) is 4.14. The second-order valence-electron chi connectivity index (χ2n) is 6.65. The monoisotopic (exact) mass is 380 g/mol. The summed E-state index contributed by atoms with van der Waals surface area (Å²) in [5.74, 6) is 0.147. The third-order valence-electron chi connectivity index (χ3n) is 4.82. The lowest BCUT2D eigenvalue weighted by Gasteiger charge is -2.36. The Morgan fingerprint density at radius 2 is 1.70 bits per heavy atom. The van der Waals surface area contributed by atoms with Crippen molar-refractivity contribution in [3.63, 3.8) is 0 Å². The number of benzene rings is 2. The average molecular weight is 381 g/mol. The van der Waals surface area contributed by atoms with Crippen LogP contribution in [0.1, 0.15) is 5.56 Å². The summed E-state index contributed by atoms with van der Waals surface area (Å²) < 4.78 is 1.81. The van der Waals surface area contributed by atoms with Gasteiger partial charge in [0.15, 0.2) is 0 Å². The highest BCUT2D eigenvalue weighted by molar-refractivity contribution is 6.30. The van der Waals surface area contributed by atoms with E-state index < -0.39 is 0 Å².